The maximum absolute atomic E-state index is 3.93. The second kappa shape index (κ2) is 4.75. The molecule has 0 amide bonds. The molecule has 1 aromatic heterocycles. The van der Waals surface area contributed by atoms with Crippen LogP contribution < -0.4 is 0 Å². The van der Waals surface area contributed by atoms with Gasteiger partial charge in [0.05, 0.1) is 0 Å². The first-order chi connectivity index (χ1) is 4.33. The smallest absolute Gasteiger partial charge is 0 e. The van der Waals surface area contributed by atoms with E-state index in [1.165, 1.54) is 4.79 Å². The molecule has 0 spiro atoms. The van der Waals surface area contributed by atoms with E-state index >= 15 is 0 Å². The Hall–Kier alpha value is -0.0161. The van der Waals surface area contributed by atoms with Gasteiger partial charge in [0.25, 0.3) is 0 Å². The van der Waals surface area contributed by atoms with Crippen LogP contribution in [0, 0.1) is 13.1 Å². The van der Waals surface area contributed by atoms with Crippen LogP contribution in [0.5, 0.6) is 0 Å². The van der Waals surface area contributed by atoms with Crippen molar-refractivity contribution in [2.75, 3.05) is 0 Å². The van der Waals surface area contributed by atoms with Gasteiger partial charge in [-0.2, -0.15) is 13.0 Å². The zero-order valence-corrected chi connectivity index (χ0v) is 8.83. The molecule has 10 heavy (non-hydrogen) atoms. The van der Waals surface area contributed by atoms with Gasteiger partial charge in [0, 0.05) is 32.7 Å². The molecule has 0 fully saturated rings. The number of aryl methyl sites for hydroxylation is 1. The predicted octanol–water partition coefficient (Wildman–Crippen LogP) is 0.720. The third-order valence-electron chi connectivity index (χ3n) is 0.836. The van der Waals surface area contributed by atoms with Gasteiger partial charge >= 0.3 is 0 Å². The van der Waals surface area contributed by atoms with Crippen LogP contribution >= 0.6 is 0 Å². The van der Waals surface area contributed by atoms with Gasteiger partial charge in [-0.3, -0.25) is 5.10 Å². The molecule has 51 valence electrons. The first kappa shape index (κ1) is 9.98. The fourth-order valence-electron chi connectivity index (χ4n) is 0.504. The van der Waals surface area contributed by atoms with Crippen LogP contribution in [0.25, 0.3) is 0 Å². The summed E-state index contributed by atoms with van der Waals surface area (Å²) in [5, 5.41) is 7.66. The number of hydrogen-bond acceptors (Lipinski definition) is 2. The fraction of sp³-hybridized carbons (Fsp3) is 0.333. The van der Waals surface area contributed by atoms with Crippen LogP contribution in [-0.2, 0) is 32.7 Å². The average Bonchev–Trinajstić information content (AvgIpc) is 2.17. The van der Waals surface area contributed by atoms with Gasteiger partial charge in [-0.1, -0.05) is 12.6 Å². The molecular formula is C6H7N3Y-2. The molecule has 1 radical (unpaired) electrons. The van der Waals surface area contributed by atoms with Crippen molar-refractivity contribution in [3.8, 4) is 0 Å². The number of rotatable bonds is 1. The summed E-state index contributed by atoms with van der Waals surface area (Å²) in [6, 6.07) is 1.76. The quantitative estimate of drug-likeness (QED) is 0.496. The standard InChI is InChI=1S/C6H7N3.Y/c1-3-7-9-5-4-6(2)8-9;/h4H,1-2H3;/q-2;. The third-order valence-corrected chi connectivity index (χ3v) is 0.836. The van der Waals surface area contributed by atoms with Gasteiger partial charge in [0.1, 0.15) is 0 Å². The van der Waals surface area contributed by atoms with E-state index in [1.54, 1.807) is 13.0 Å². The van der Waals surface area contributed by atoms with E-state index in [9.17, 15) is 0 Å². The Morgan fingerprint density at radius 2 is 2.50 bits per heavy atom. The molecule has 0 unspecified atom stereocenters. The second-order valence-electron chi connectivity index (χ2n) is 1.63. The van der Waals surface area contributed by atoms with Crippen LogP contribution in [0.4, 0.5) is 0 Å². The third kappa shape index (κ3) is 2.71. The second-order valence-corrected chi connectivity index (χ2v) is 1.63. The van der Waals surface area contributed by atoms with Gasteiger partial charge in [-0.15, -0.1) is 6.20 Å². The van der Waals surface area contributed by atoms with E-state index in [2.05, 4.69) is 22.6 Å². The van der Waals surface area contributed by atoms with E-state index < -0.39 is 0 Å². The van der Waals surface area contributed by atoms with Crippen LogP contribution in [-0.4, -0.2) is 16.1 Å². The van der Waals surface area contributed by atoms with Gasteiger partial charge in [0.2, 0.25) is 0 Å². The zero-order valence-electron chi connectivity index (χ0n) is 6.00. The van der Waals surface area contributed by atoms with Crippen molar-refractivity contribution in [1.82, 2.24) is 9.89 Å². The summed E-state index contributed by atoms with van der Waals surface area (Å²) >= 11 is 0. The van der Waals surface area contributed by atoms with Crippen molar-refractivity contribution in [3.05, 3.63) is 18.0 Å². The fourth-order valence-corrected chi connectivity index (χ4v) is 0.504. The van der Waals surface area contributed by atoms with Gasteiger partial charge in [-0.25, -0.2) is 0 Å². The van der Waals surface area contributed by atoms with E-state index in [1.807, 2.05) is 6.92 Å². The van der Waals surface area contributed by atoms with E-state index in [0.717, 1.165) is 5.69 Å². The van der Waals surface area contributed by atoms with Crippen molar-refractivity contribution >= 4 is 6.21 Å². The molecule has 0 aliphatic carbocycles. The molecular weight excluding hydrogens is 203 g/mol. The molecule has 0 saturated carbocycles. The normalized spacial score (nSPS) is 9.80. The van der Waals surface area contributed by atoms with Crippen LogP contribution in [0.15, 0.2) is 11.2 Å². The summed E-state index contributed by atoms with van der Waals surface area (Å²) in [7, 11) is 0. The average molecular weight is 210 g/mol. The van der Waals surface area contributed by atoms with Crippen molar-refractivity contribution < 1.29 is 32.7 Å². The molecule has 3 nitrogen and oxygen atoms in total. The minimum absolute atomic E-state index is 0. The molecule has 0 aliphatic rings. The molecule has 1 heterocycles. The minimum atomic E-state index is 0. The molecule has 1 rings (SSSR count). The Morgan fingerprint density at radius 1 is 1.80 bits per heavy atom. The summed E-state index contributed by atoms with van der Waals surface area (Å²) in [5.74, 6) is 0. The first-order valence-corrected chi connectivity index (χ1v) is 2.65. The number of nitrogens with zero attached hydrogens (tertiary/aromatic N) is 3. The van der Waals surface area contributed by atoms with Gasteiger partial charge in [-0.05, 0) is 0 Å². The van der Waals surface area contributed by atoms with Crippen molar-refractivity contribution in [3.63, 3.8) is 0 Å². The van der Waals surface area contributed by atoms with Gasteiger partial charge in [0.15, 0.2) is 0 Å². The molecule has 0 atom stereocenters. The largest absolute Gasteiger partial charge is 0.396 e. The summed E-state index contributed by atoms with van der Waals surface area (Å²) in [4.78, 5) is 1.36. The Balaban J connectivity index is 0.000000810. The van der Waals surface area contributed by atoms with Crippen molar-refractivity contribution in [1.29, 1.82) is 0 Å². The predicted molar refractivity (Wildman–Crippen MR) is 34.3 cm³/mol. The molecule has 0 saturated heterocycles. The van der Waals surface area contributed by atoms with Crippen LogP contribution in [0.3, 0.4) is 0 Å². The van der Waals surface area contributed by atoms with E-state index in [-0.39, 0.29) is 32.7 Å². The molecule has 0 bridgehead atoms. The van der Waals surface area contributed by atoms with Crippen molar-refractivity contribution in [2.45, 2.75) is 13.8 Å². The van der Waals surface area contributed by atoms with Crippen LogP contribution in [0.1, 0.15) is 12.6 Å². The van der Waals surface area contributed by atoms with Gasteiger partial charge < -0.3 is 16.1 Å². The van der Waals surface area contributed by atoms with E-state index in [0.29, 0.717) is 0 Å². The molecule has 1 aromatic rings. The Morgan fingerprint density at radius 3 is 2.90 bits per heavy atom. The SMILES string of the molecule is C[C-]=Nn1[c-]cc(C)n1.[Y]. The summed E-state index contributed by atoms with van der Waals surface area (Å²) in [6.45, 7) is 3.60. The molecule has 0 aromatic carbocycles. The Bertz CT molecular complexity index is 217. The molecule has 4 heteroatoms. The Kier molecular flexibility index (Phi) is 4.74. The topological polar surface area (TPSA) is 30.2 Å². The number of hydrogen-bond donors (Lipinski definition) is 0. The number of aromatic nitrogens is 2. The zero-order chi connectivity index (χ0) is 6.69. The van der Waals surface area contributed by atoms with Crippen molar-refractivity contribution in [2.24, 2.45) is 5.10 Å². The summed E-state index contributed by atoms with van der Waals surface area (Å²) in [5.41, 5.74) is 0.911. The van der Waals surface area contributed by atoms with E-state index in [4.69, 9.17) is 0 Å². The maximum atomic E-state index is 3.93. The molecule has 0 N–H and O–H groups in total. The summed E-state index contributed by atoms with van der Waals surface area (Å²) in [6.07, 6.45) is 5.37. The monoisotopic (exact) mass is 210 g/mol. The molecule has 0 aliphatic heterocycles. The van der Waals surface area contributed by atoms with Crippen LogP contribution in [0.2, 0.25) is 0 Å². The minimum Gasteiger partial charge on any atom is -0.396 e. The Labute approximate surface area is 85.4 Å². The first-order valence-electron chi connectivity index (χ1n) is 2.65. The maximum Gasteiger partial charge on any atom is 0 e. The summed E-state index contributed by atoms with van der Waals surface area (Å²) < 4.78 is 0.